The molecule has 1 aliphatic carbocycles. The number of aliphatic hydroxyl groups is 1. The molecule has 25 heavy (non-hydrogen) atoms. The van der Waals surface area contributed by atoms with Crippen LogP contribution in [0.3, 0.4) is 0 Å². The SMILES string of the molecule is OC1CCC(N2CCCC(C(Cl)c3ccc4ccccc4c3)C2)CC1. The predicted molar refractivity (Wildman–Crippen MR) is 105 cm³/mol. The van der Waals surface area contributed by atoms with Crippen molar-refractivity contribution in [3.05, 3.63) is 48.0 Å². The van der Waals surface area contributed by atoms with Crippen LogP contribution < -0.4 is 0 Å². The number of fused-ring (bicyclic) bond motifs is 1. The molecule has 1 saturated heterocycles. The highest BCUT2D eigenvalue weighted by atomic mass is 35.5. The predicted octanol–water partition coefficient (Wildman–Crippen LogP) is 5.14. The van der Waals surface area contributed by atoms with Gasteiger partial charge in [-0.15, -0.1) is 11.6 Å². The van der Waals surface area contributed by atoms with E-state index in [2.05, 4.69) is 47.4 Å². The Labute approximate surface area is 155 Å². The summed E-state index contributed by atoms with van der Waals surface area (Å²) in [7, 11) is 0. The zero-order chi connectivity index (χ0) is 17.2. The third-order valence-electron chi connectivity index (χ3n) is 6.18. The number of piperidine rings is 1. The molecule has 1 saturated carbocycles. The maximum Gasteiger partial charge on any atom is 0.0625 e. The first-order chi connectivity index (χ1) is 12.2. The molecule has 2 nitrogen and oxygen atoms in total. The van der Waals surface area contributed by atoms with E-state index < -0.39 is 0 Å². The van der Waals surface area contributed by atoms with Crippen LogP contribution in [0.1, 0.15) is 49.5 Å². The molecule has 0 spiro atoms. The van der Waals surface area contributed by atoms with Gasteiger partial charge in [0.05, 0.1) is 11.5 Å². The van der Waals surface area contributed by atoms with Crippen molar-refractivity contribution in [1.29, 1.82) is 0 Å². The highest BCUT2D eigenvalue weighted by Gasteiger charge is 2.32. The lowest BCUT2D eigenvalue weighted by atomic mass is 9.86. The molecule has 134 valence electrons. The molecular formula is C22H28ClNO. The standard InChI is InChI=1S/C22H28ClNO/c23-22(18-8-7-16-4-1-2-5-17(16)14-18)19-6-3-13-24(15-19)20-9-11-21(25)12-10-20/h1-2,4-5,7-8,14,19-22,25H,3,6,9-13,15H2. The first-order valence-corrected chi connectivity index (χ1v) is 10.2. The fourth-order valence-corrected chi connectivity index (χ4v) is 5.03. The fraction of sp³-hybridized carbons (Fsp3) is 0.545. The van der Waals surface area contributed by atoms with E-state index in [1.165, 1.54) is 35.7 Å². The van der Waals surface area contributed by atoms with Crippen molar-refractivity contribution in [2.75, 3.05) is 13.1 Å². The van der Waals surface area contributed by atoms with Crippen molar-refractivity contribution in [2.24, 2.45) is 5.92 Å². The molecule has 2 atom stereocenters. The number of halogens is 1. The lowest BCUT2D eigenvalue weighted by Crippen LogP contribution is -2.45. The number of nitrogens with zero attached hydrogens (tertiary/aromatic N) is 1. The molecule has 2 unspecified atom stereocenters. The van der Waals surface area contributed by atoms with Gasteiger partial charge in [0.15, 0.2) is 0 Å². The van der Waals surface area contributed by atoms with Crippen molar-refractivity contribution >= 4 is 22.4 Å². The van der Waals surface area contributed by atoms with Gasteiger partial charge in [0.1, 0.15) is 0 Å². The number of likely N-dealkylation sites (tertiary alicyclic amines) is 1. The van der Waals surface area contributed by atoms with Crippen LogP contribution in [0, 0.1) is 5.92 Å². The van der Waals surface area contributed by atoms with Crippen LogP contribution in [-0.4, -0.2) is 35.2 Å². The smallest absolute Gasteiger partial charge is 0.0625 e. The maximum atomic E-state index is 9.76. The zero-order valence-electron chi connectivity index (χ0n) is 14.8. The van der Waals surface area contributed by atoms with E-state index in [4.69, 9.17) is 11.6 Å². The normalized spacial score (nSPS) is 29.6. The largest absolute Gasteiger partial charge is 0.393 e. The molecule has 3 heteroatoms. The van der Waals surface area contributed by atoms with Crippen LogP contribution in [-0.2, 0) is 0 Å². The second-order valence-corrected chi connectivity index (χ2v) is 8.34. The lowest BCUT2D eigenvalue weighted by Gasteiger charge is -2.42. The van der Waals surface area contributed by atoms with E-state index in [0.29, 0.717) is 12.0 Å². The molecule has 0 radical (unpaired) electrons. The van der Waals surface area contributed by atoms with E-state index >= 15 is 0 Å². The topological polar surface area (TPSA) is 23.5 Å². The van der Waals surface area contributed by atoms with Gasteiger partial charge in [-0.2, -0.15) is 0 Å². The van der Waals surface area contributed by atoms with Gasteiger partial charge >= 0.3 is 0 Å². The molecule has 1 aliphatic heterocycles. The van der Waals surface area contributed by atoms with Crippen LogP contribution in [0.4, 0.5) is 0 Å². The highest BCUT2D eigenvalue weighted by Crippen LogP contribution is 2.37. The molecule has 0 bridgehead atoms. The number of rotatable bonds is 3. The molecule has 0 aromatic heterocycles. The highest BCUT2D eigenvalue weighted by molar-refractivity contribution is 6.21. The number of hydrogen-bond donors (Lipinski definition) is 1. The molecule has 2 aromatic carbocycles. The number of alkyl halides is 1. The van der Waals surface area contributed by atoms with E-state index in [0.717, 1.165) is 32.2 Å². The van der Waals surface area contributed by atoms with Crippen molar-refractivity contribution < 1.29 is 5.11 Å². The summed E-state index contributed by atoms with van der Waals surface area (Å²) in [5, 5.41) is 12.4. The molecule has 2 aromatic rings. The summed E-state index contributed by atoms with van der Waals surface area (Å²) in [6, 6.07) is 15.8. The Morgan fingerprint density at radius 3 is 2.52 bits per heavy atom. The average molecular weight is 358 g/mol. The van der Waals surface area contributed by atoms with E-state index in [1.54, 1.807) is 0 Å². The summed E-state index contributed by atoms with van der Waals surface area (Å²) in [4.78, 5) is 2.65. The van der Waals surface area contributed by atoms with Crippen LogP contribution in [0.25, 0.3) is 10.8 Å². The van der Waals surface area contributed by atoms with Crippen molar-refractivity contribution in [2.45, 2.75) is 56.0 Å². The summed E-state index contributed by atoms with van der Waals surface area (Å²) in [5.41, 5.74) is 1.26. The Morgan fingerprint density at radius 2 is 1.72 bits per heavy atom. The van der Waals surface area contributed by atoms with Crippen molar-refractivity contribution in [3.63, 3.8) is 0 Å². The van der Waals surface area contributed by atoms with Crippen molar-refractivity contribution in [1.82, 2.24) is 4.90 Å². The molecular weight excluding hydrogens is 330 g/mol. The summed E-state index contributed by atoms with van der Waals surface area (Å²) in [6.07, 6.45) is 6.57. The molecule has 1 N–H and O–H groups in total. The quantitative estimate of drug-likeness (QED) is 0.769. The zero-order valence-corrected chi connectivity index (χ0v) is 15.5. The van der Waals surface area contributed by atoms with Gasteiger partial charge in [-0.3, -0.25) is 0 Å². The van der Waals surface area contributed by atoms with Crippen molar-refractivity contribution in [3.8, 4) is 0 Å². The van der Waals surface area contributed by atoms with Gasteiger partial charge in [-0.1, -0.05) is 36.4 Å². The Hall–Kier alpha value is -1.09. The Bertz CT molecular complexity index is 710. The molecule has 1 heterocycles. The minimum absolute atomic E-state index is 0.0739. The second-order valence-electron chi connectivity index (χ2n) is 7.87. The maximum absolute atomic E-state index is 9.76. The van der Waals surface area contributed by atoms with E-state index in [1.807, 2.05) is 0 Å². The summed E-state index contributed by atoms with van der Waals surface area (Å²) < 4.78 is 0. The van der Waals surface area contributed by atoms with Crippen LogP contribution in [0.15, 0.2) is 42.5 Å². The van der Waals surface area contributed by atoms with Gasteiger partial charge in [-0.05, 0) is 73.4 Å². The Morgan fingerprint density at radius 1 is 0.960 bits per heavy atom. The van der Waals surface area contributed by atoms with Crippen LogP contribution in [0.2, 0.25) is 0 Å². The number of aliphatic hydroxyl groups excluding tert-OH is 1. The average Bonchev–Trinajstić information content (AvgIpc) is 2.68. The Kier molecular flexibility index (Phi) is 5.30. The van der Waals surface area contributed by atoms with Crippen LogP contribution in [0.5, 0.6) is 0 Å². The van der Waals surface area contributed by atoms with Gasteiger partial charge in [0.25, 0.3) is 0 Å². The molecule has 4 rings (SSSR count). The minimum Gasteiger partial charge on any atom is -0.393 e. The van der Waals surface area contributed by atoms with Crippen LogP contribution >= 0.6 is 11.6 Å². The first kappa shape index (κ1) is 17.3. The van der Waals surface area contributed by atoms with Gasteiger partial charge in [-0.25, -0.2) is 0 Å². The second kappa shape index (κ2) is 7.65. The summed E-state index contributed by atoms with van der Waals surface area (Å²) in [6.45, 7) is 2.29. The molecule has 2 fully saturated rings. The fourth-order valence-electron chi connectivity index (χ4n) is 4.69. The summed E-state index contributed by atoms with van der Waals surface area (Å²) >= 11 is 6.95. The van der Waals surface area contributed by atoms with Gasteiger partial charge < -0.3 is 10.0 Å². The lowest BCUT2D eigenvalue weighted by molar-refractivity contribution is 0.0510. The number of benzene rings is 2. The van der Waals surface area contributed by atoms with Gasteiger partial charge in [0.2, 0.25) is 0 Å². The third-order valence-corrected chi connectivity index (χ3v) is 6.79. The Balaban J connectivity index is 1.46. The third kappa shape index (κ3) is 3.86. The minimum atomic E-state index is -0.0739. The van der Waals surface area contributed by atoms with E-state index in [-0.39, 0.29) is 11.5 Å². The monoisotopic (exact) mass is 357 g/mol. The van der Waals surface area contributed by atoms with Gasteiger partial charge in [0, 0.05) is 12.6 Å². The number of hydrogen-bond acceptors (Lipinski definition) is 2. The molecule has 2 aliphatic rings. The van der Waals surface area contributed by atoms with E-state index in [9.17, 15) is 5.11 Å². The first-order valence-electron chi connectivity index (χ1n) is 9.75. The summed E-state index contributed by atoms with van der Waals surface area (Å²) in [5.74, 6) is 0.517. The molecule has 0 amide bonds.